The molecule has 2 aromatic rings. The molecule has 0 amide bonds. The molecular weight excluding hydrogens is 372 g/mol. The Balaban J connectivity index is 2.01. The Morgan fingerprint density at radius 2 is 1.60 bits per heavy atom. The van der Waals surface area contributed by atoms with E-state index in [0.717, 1.165) is 19.3 Å². The van der Waals surface area contributed by atoms with Gasteiger partial charge in [-0.1, -0.05) is 94.8 Å². The highest BCUT2D eigenvalue weighted by Crippen LogP contribution is 2.39. The van der Waals surface area contributed by atoms with Gasteiger partial charge < -0.3 is 4.74 Å². The predicted octanol–water partition coefficient (Wildman–Crippen LogP) is 6.22. The van der Waals surface area contributed by atoms with Gasteiger partial charge in [0.25, 0.3) is 0 Å². The molecule has 0 spiro atoms. The van der Waals surface area contributed by atoms with E-state index < -0.39 is 11.4 Å². The van der Waals surface area contributed by atoms with Crippen LogP contribution in [0.3, 0.4) is 0 Å². The Hall–Kier alpha value is -2.42. The fourth-order valence-corrected chi connectivity index (χ4v) is 4.90. The van der Waals surface area contributed by atoms with Gasteiger partial charge in [-0.05, 0) is 42.6 Å². The molecule has 0 saturated heterocycles. The van der Waals surface area contributed by atoms with E-state index in [2.05, 4.69) is 20.8 Å². The second-order valence-electron chi connectivity index (χ2n) is 9.09. The fraction of sp³-hybridized carbons (Fsp3) is 0.481. The van der Waals surface area contributed by atoms with Crippen molar-refractivity contribution in [1.29, 1.82) is 0 Å². The van der Waals surface area contributed by atoms with Crippen LogP contribution in [0.4, 0.5) is 0 Å². The summed E-state index contributed by atoms with van der Waals surface area (Å²) in [5, 5.41) is 0. The number of benzene rings is 2. The summed E-state index contributed by atoms with van der Waals surface area (Å²) >= 11 is 0. The Bertz CT molecular complexity index is 843. The highest BCUT2D eigenvalue weighted by atomic mass is 16.5. The summed E-state index contributed by atoms with van der Waals surface area (Å²) in [6, 6.07) is 18.5. The second kappa shape index (κ2) is 9.59. The highest BCUT2D eigenvalue weighted by molar-refractivity contribution is 6.17. The van der Waals surface area contributed by atoms with Crippen molar-refractivity contribution >= 4 is 11.8 Å². The van der Waals surface area contributed by atoms with Gasteiger partial charge in [0, 0.05) is 5.56 Å². The Morgan fingerprint density at radius 1 is 1.00 bits per heavy atom. The lowest BCUT2D eigenvalue weighted by atomic mass is 9.71. The molecule has 3 rings (SSSR count). The monoisotopic (exact) mass is 406 g/mol. The first-order chi connectivity index (χ1) is 14.4. The van der Waals surface area contributed by atoms with Gasteiger partial charge in [-0.25, -0.2) is 0 Å². The van der Waals surface area contributed by atoms with E-state index in [-0.39, 0.29) is 11.9 Å². The highest BCUT2D eigenvalue weighted by Gasteiger charge is 2.49. The minimum Gasteiger partial charge on any atom is -0.461 e. The van der Waals surface area contributed by atoms with Crippen molar-refractivity contribution in [1.82, 2.24) is 0 Å². The zero-order valence-electron chi connectivity index (χ0n) is 18.6. The van der Waals surface area contributed by atoms with Gasteiger partial charge >= 0.3 is 5.97 Å². The maximum Gasteiger partial charge on any atom is 0.324 e. The molecule has 3 nitrogen and oxygen atoms in total. The Morgan fingerprint density at radius 3 is 2.17 bits per heavy atom. The van der Waals surface area contributed by atoms with Gasteiger partial charge in [-0.2, -0.15) is 0 Å². The number of carbonyl (C=O) groups excluding carboxylic acids is 2. The lowest BCUT2D eigenvalue weighted by Gasteiger charge is -2.39. The first-order valence-electron chi connectivity index (χ1n) is 11.3. The van der Waals surface area contributed by atoms with Crippen LogP contribution in [0.5, 0.6) is 0 Å². The zero-order valence-corrected chi connectivity index (χ0v) is 18.6. The zero-order chi connectivity index (χ0) is 21.7. The molecule has 0 heterocycles. The van der Waals surface area contributed by atoms with Gasteiger partial charge in [0.05, 0.1) is 0 Å². The van der Waals surface area contributed by atoms with E-state index in [4.69, 9.17) is 4.74 Å². The van der Waals surface area contributed by atoms with Gasteiger partial charge in [-0.3, -0.25) is 9.59 Å². The van der Waals surface area contributed by atoms with Gasteiger partial charge in [0.15, 0.2) is 11.2 Å². The minimum atomic E-state index is -1.33. The topological polar surface area (TPSA) is 43.4 Å². The lowest BCUT2D eigenvalue weighted by molar-refractivity contribution is -0.161. The molecule has 1 saturated carbocycles. The third-order valence-corrected chi connectivity index (χ3v) is 6.79. The average Bonchev–Trinajstić information content (AvgIpc) is 2.76. The molecule has 30 heavy (non-hydrogen) atoms. The van der Waals surface area contributed by atoms with E-state index in [1.807, 2.05) is 55.5 Å². The molecule has 0 unspecified atom stereocenters. The van der Waals surface area contributed by atoms with Crippen molar-refractivity contribution in [2.45, 2.75) is 64.9 Å². The number of rotatable bonds is 7. The summed E-state index contributed by atoms with van der Waals surface area (Å²) < 4.78 is 6.23. The third kappa shape index (κ3) is 4.35. The number of ketones is 1. The van der Waals surface area contributed by atoms with E-state index in [9.17, 15) is 9.59 Å². The molecule has 0 radical (unpaired) electrons. The molecule has 0 N–H and O–H groups in total. The van der Waals surface area contributed by atoms with Crippen molar-refractivity contribution < 1.29 is 14.3 Å². The molecule has 0 aliphatic heterocycles. The quantitative estimate of drug-likeness (QED) is 0.311. The van der Waals surface area contributed by atoms with Crippen LogP contribution >= 0.6 is 0 Å². The van der Waals surface area contributed by atoms with Crippen LogP contribution in [-0.2, 0) is 14.9 Å². The molecule has 4 atom stereocenters. The smallest absolute Gasteiger partial charge is 0.324 e. The molecule has 0 aromatic heterocycles. The maximum absolute atomic E-state index is 13.8. The van der Waals surface area contributed by atoms with Gasteiger partial charge in [0.2, 0.25) is 0 Å². The van der Waals surface area contributed by atoms with Crippen LogP contribution in [0.1, 0.15) is 69.3 Å². The number of esters is 1. The van der Waals surface area contributed by atoms with E-state index in [0.29, 0.717) is 35.3 Å². The molecule has 1 fully saturated rings. The molecular formula is C27H34O3. The number of hydrogen-bond donors (Lipinski definition) is 0. The van der Waals surface area contributed by atoms with Crippen molar-refractivity contribution in [3.05, 3.63) is 71.8 Å². The van der Waals surface area contributed by atoms with Crippen LogP contribution in [0.2, 0.25) is 0 Å². The van der Waals surface area contributed by atoms with Crippen molar-refractivity contribution in [2.24, 2.45) is 17.8 Å². The molecule has 1 aliphatic carbocycles. The van der Waals surface area contributed by atoms with Gasteiger partial charge in [-0.15, -0.1) is 0 Å². The number of ether oxygens (including phenoxy) is 1. The van der Waals surface area contributed by atoms with Crippen LogP contribution in [-0.4, -0.2) is 17.9 Å². The predicted molar refractivity (Wildman–Crippen MR) is 120 cm³/mol. The summed E-state index contributed by atoms with van der Waals surface area (Å²) in [5.74, 6) is 0.701. The summed E-state index contributed by atoms with van der Waals surface area (Å²) in [7, 11) is 0. The molecule has 2 aromatic carbocycles. The Kier molecular flexibility index (Phi) is 7.12. The number of Topliss-reactive ketones (excluding diaryl/α,β-unsaturated/α-hetero) is 1. The van der Waals surface area contributed by atoms with Crippen LogP contribution in [0, 0.1) is 17.8 Å². The molecule has 1 aliphatic rings. The largest absolute Gasteiger partial charge is 0.461 e. The van der Waals surface area contributed by atoms with Crippen LogP contribution in [0.25, 0.3) is 0 Å². The van der Waals surface area contributed by atoms with Crippen LogP contribution < -0.4 is 0 Å². The lowest BCUT2D eigenvalue weighted by Crippen LogP contribution is -2.48. The second-order valence-corrected chi connectivity index (χ2v) is 9.09. The summed E-state index contributed by atoms with van der Waals surface area (Å²) in [6.07, 6.45) is 3.31. The first-order valence-corrected chi connectivity index (χ1v) is 11.3. The standard InChI is InChI=1S/C27H34O3/c1-5-27(22-14-10-7-11-15-22,25(28)21-12-8-6-9-13-21)26(29)30-24-18-20(4)16-17-23(24)19(2)3/h6-15,19-20,23-24H,5,16-18H2,1-4H3/t20-,23+,24-,27-/m1/s1. The van der Waals surface area contributed by atoms with Crippen molar-refractivity contribution in [3.8, 4) is 0 Å². The molecule has 3 heteroatoms. The fourth-order valence-electron chi connectivity index (χ4n) is 4.90. The average molecular weight is 407 g/mol. The maximum atomic E-state index is 13.8. The number of hydrogen-bond acceptors (Lipinski definition) is 3. The van der Waals surface area contributed by atoms with E-state index in [1.54, 1.807) is 12.1 Å². The van der Waals surface area contributed by atoms with Crippen molar-refractivity contribution in [2.75, 3.05) is 0 Å². The summed E-state index contributed by atoms with van der Waals surface area (Å²) in [6.45, 7) is 8.51. The van der Waals surface area contributed by atoms with Crippen LogP contribution in [0.15, 0.2) is 60.7 Å². The molecule has 0 bridgehead atoms. The minimum absolute atomic E-state index is 0.139. The SMILES string of the molecule is CC[C@](C(=O)O[C@@H]1C[C@H](C)CC[C@H]1C(C)C)(C(=O)c1ccccc1)c1ccccc1. The molecule has 160 valence electrons. The Labute approximate surface area is 180 Å². The number of carbonyl (C=O) groups is 2. The normalized spacial score (nSPS) is 23.6. The van der Waals surface area contributed by atoms with E-state index >= 15 is 0 Å². The van der Waals surface area contributed by atoms with E-state index in [1.165, 1.54) is 0 Å². The van der Waals surface area contributed by atoms with Crippen molar-refractivity contribution in [3.63, 3.8) is 0 Å². The van der Waals surface area contributed by atoms with Gasteiger partial charge in [0.1, 0.15) is 6.10 Å². The first kappa shape index (κ1) is 22.3. The summed E-state index contributed by atoms with van der Waals surface area (Å²) in [5.41, 5.74) is -0.0842. The third-order valence-electron chi connectivity index (χ3n) is 6.79. The summed E-state index contributed by atoms with van der Waals surface area (Å²) in [4.78, 5) is 27.6.